The summed E-state index contributed by atoms with van der Waals surface area (Å²) in [5, 5.41) is 0. The molecular weight excluding hydrogens is 428 g/mol. The van der Waals surface area contributed by atoms with Gasteiger partial charge in [-0.1, -0.05) is 39.0 Å². The third-order valence-electron chi connectivity index (χ3n) is 9.12. The lowest BCUT2D eigenvalue weighted by molar-refractivity contribution is -0.0546. The maximum Gasteiger partial charge on any atom is 0.387 e. The Balaban J connectivity index is 1.26. The van der Waals surface area contributed by atoms with Crippen molar-refractivity contribution in [2.75, 3.05) is 0 Å². The van der Waals surface area contributed by atoms with Crippen molar-refractivity contribution >= 4 is 0 Å². The van der Waals surface area contributed by atoms with Crippen LogP contribution in [0.3, 0.4) is 0 Å². The Morgan fingerprint density at radius 3 is 2.00 bits per heavy atom. The van der Waals surface area contributed by atoms with E-state index in [0.29, 0.717) is 5.56 Å². The number of benzene rings is 1. The van der Waals surface area contributed by atoms with Crippen LogP contribution in [0.5, 0.6) is 5.75 Å². The lowest BCUT2D eigenvalue weighted by Gasteiger charge is -2.45. The molecule has 3 aliphatic rings. The summed E-state index contributed by atoms with van der Waals surface area (Å²) < 4.78 is 57.1. The number of rotatable bonds is 8. The summed E-state index contributed by atoms with van der Waals surface area (Å²) in [5.74, 6) is 1.40. The molecule has 5 heteroatoms. The maximum atomic E-state index is 14.2. The highest BCUT2D eigenvalue weighted by molar-refractivity contribution is 5.33. The molecule has 0 spiro atoms. The van der Waals surface area contributed by atoms with E-state index in [4.69, 9.17) is 0 Å². The Labute approximate surface area is 196 Å². The molecule has 4 unspecified atom stereocenters. The average Bonchev–Trinajstić information content (AvgIpc) is 2.81. The van der Waals surface area contributed by atoms with Crippen molar-refractivity contribution < 1.29 is 22.3 Å². The minimum absolute atomic E-state index is 0.0979. The Morgan fingerprint density at radius 1 is 0.788 bits per heavy atom. The monoisotopic (exact) mass is 468 g/mol. The molecule has 1 aromatic carbocycles. The van der Waals surface area contributed by atoms with Gasteiger partial charge in [0.15, 0.2) is 17.4 Å². The summed E-state index contributed by atoms with van der Waals surface area (Å²) in [6.45, 7) is -0.953. The molecule has 1 nitrogen and oxygen atoms in total. The minimum Gasteiger partial charge on any atom is -0.429 e. The molecule has 1 aromatic rings. The first-order valence-electron chi connectivity index (χ1n) is 13.4. The number of halogens is 4. The van der Waals surface area contributed by atoms with Crippen LogP contribution in [0.4, 0.5) is 17.6 Å². The van der Waals surface area contributed by atoms with Crippen LogP contribution < -0.4 is 4.74 Å². The number of hydrogen-bond acceptors (Lipinski definition) is 1. The molecule has 0 aliphatic heterocycles. The first-order chi connectivity index (χ1) is 15.9. The topological polar surface area (TPSA) is 9.23 Å². The van der Waals surface area contributed by atoms with E-state index in [-0.39, 0.29) is 5.92 Å². The smallest absolute Gasteiger partial charge is 0.387 e. The van der Waals surface area contributed by atoms with Crippen molar-refractivity contribution in [2.24, 2.45) is 29.6 Å². The highest BCUT2D eigenvalue weighted by Crippen LogP contribution is 2.50. The van der Waals surface area contributed by atoms with Crippen LogP contribution in [-0.4, -0.2) is 6.61 Å². The fraction of sp³-hybridized carbons (Fsp3) is 0.786. The summed E-state index contributed by atoms with van der Waals surface area (Å²) >= 11 is 0. The molecule has 186 valence electrons. The van der Waals surface area contributed by atoms with Gasteiger partial charge in [0.1, 0.15) is 0 Å². The van der Waals surface area contributed by atoms with Crippen molar-refractivity contribution in [3.63, 3.8) is 0 Å². The van der Waals surface area contributed by atoms with Gasteiger partial charge in [0.25, 0.3) is 0 Å². The second kappa shape index (κ2) is 11.4. The van der Waals surface area contributed by atoms with E-state index >= 15 is 0 Å². The standard InChI is InChI=1S/C28H40F4O/c1-2-3-4-5-18-6-7-23-15-22(13-12-21(23)14-18)19-8-10-20(11-9-19)24-16-25(29)27(26(30)17-24)33-28(31)32/h16-23,28H,2-15H2,1H3. The fourth-order valence-corrected chi connectivity index (χ4v) is 7.34. The van der Waals surface area contributed by atoms with E-state index in [9.17, 15) is 17.6 Å². The third kappa shape index (κ3) is 6.25. The van der Waals surface area contributed by atoms with Crippen molar-refractivity contribution in [1.82, 2.24) is 0 Å². The average molecular weight is 469 g/mol. The number of fused-ring (bicyclic) bond motifs is 1. The quantitative estimate of drug-likeness (QED) is 0.273. The molecule has 0 radical (unpaired) electrons. The van der Waals surface area contributed by atoms with Crippen molar-refractivity contribution in [1.29, 1.82) is 0 Å². The SMILES string of the molecule is CCCCCC1CCC2CC(C3CCC(c4cc(F)c(OC(F)F)c(F)c4)CC3)CCC2C1. The Hall–Kier alpha value is -1.26. The van der Waals surface area contributed by atoms with Gasteiger partial charge in [-0.2, -0.15) is 8.78 Å². The van der Waals surface area contributed by atoms with Gasteiger partial charge in [-0.3, -0.25) is 0 Å². The summed E-state index contributed by atoms with van der Waals surface area (Å²) in [4.78, 5) is 0. The predicted molar refractivity (Wildman–Crippen MR) is 123 cm³/mol. The van der Waals surface area contributed by atoms with Gasteiger partial charge in [0.2, 0.25) is 0 Å². The lowest BCUT2D eigenvalue weighted by Crippen LogP contribution is -2.34. The number of hydrogen-bond donors (Lipinski definition) is 0. The second-order valence-corrected chi connectivity index (χ2v) is 11.1. The van der Waals surface area contributed by atoms with E-state index in [0.717, 1.165) is 55.3 Å². The largest absolute Gasteiger partial charge is 0.429 e. The van der Waals surface area contributed by atoms with E-state index in [2.05, 4.69) is 11.7 Å². The highest BCUT2D eigenvalue weighted by Gasteiger charge is 2.38. The summed E-state index contributed by atoms with van der Waals surface area (Å²) in [5.41, 5.74) is 0.579. The van der Waals surface area contributed by atoms with Crippen LogP contribution in [0.2, 0.25) is 0 Å². The number of alkyl halides is 2. The van der Waals surface area contributed by atoms with E-state index in [1.54, 1.807) is 0 Å². The lowest BCUT2D eigenvalue weighted by atomic mass is 9.60. The first kappa shape index (κ1) is 24.9. The molecule has 33 heavy (non-hydrogen) atoms. The molecule has 0 bridgehead atoms. The summed E-state index contributed by atoms with van der Waals surface area (Å²) in [6, 6.07) is 2.38. The molecular formula is C28H40F4O. The summed E-state index contributed by atoms with van der Waals surface area (Å²) in [7, 11) is 0. The predicted octanol–water partition coefficient (Wildman–Crippen LogP) is 9.25. The van der Waals surface area contributed by atoms with Crippen molar-refractivity contribution in [3.8, 4) is 5.75 Å². The van der Waals surface area contributed by atoms with Crippen molar-refractivity contribution in [3.05, 3.63) is 29.3 Å². The molecule has 4 atom stereocenters. The van der Waals surface area contributed by atoms with E-state index in [1.165, 1.54) is 76.3 Å². The molecule has 3 aliphatic carbocycles. The zero-order valence-electron chi connectivity index (χ0n) is 20.0. The van der Waals surface area contributed by atoms with Crippen LogP contribution >= 0.6 is 0 Å². The normalized spacial score (nSPS) is 32.5. The molecule has 0 amide bonds. The van der Waals surface area contributed by atoms with Crippen molar-refractivity contribution in [2.45, 2.75) is 109 Å². The Bertz CT molecular complexity index is 735. The van der Waals surface area contributed by atoms with Crippen LogP contribution in [0, 0.1) is 41.2 Å². The van der Waals surface area contributed by atoms with Gasteiger partial charge in [-0.25, -0.2) is 8.78 Å². The van der Waals surface area contributed by atoms with Gasteiger partial charge in [0, 0.05) is 0 Å². The number of ether oxygens (including phenoxy) is 1. The van der Waals surface area contributed by atoms with Crippen LogP contribution in [0.15, 0.2) is 12.1 Å². The first-order valence-corrected chi connectivity index (χ1v) is 13.4. The maximum absolute atomic E-state index is 14.2. The minimum atomic E-state index is -3.23. The zero-order valence-corrected chi connectivity index (χ0v) is 20.0. The molecule has 3 fully saturated rings. The second-order valence-electron chi connectivity index (χ2n) is 11.1. The van der Waals surface area contributed by atoms with Crippen LogP contribution in [0.1, 0.15) is 108 Å². The number of unbranched alkanes of at least 4 members (excludes halogenated alkanes) is 2. The highest BCUT2D eigenvalue weighted by atomic mass is 19.3. The Morgan fingerprint density at radius 2 is 1.36 bits per heavy atom. The molecule has 0 aromatic heterocycles. The van der Waals surface area contributed by atoms with Crippen LogP contribution in [-0.2, 0) is 0 Å². The fourth-order valence-electron chi connectivity index (χ4n) is 7.34. The zero-order chi connectivity index (χ0) is 23.4. The van der Waals surface area contributed by atoms with Gasteiger partial charge >= 0.3 is 6.61 Å². The van der Waals surface area contributed by atoms with Gasteiger partial charge < -0.3 is 4.74 Å². The van der Waals surface area contributed by atoms with Gasteiger partial charge in [0.05, 0.1) is 0 Å². The molecule has 4 rings (SSSR count). The molecule has 0 saturated heterocycles. The van der Waals surface area contributed by atoms with E-state index in [1.807, 2.05) is 0 Å². The van der Waals surface area contributed by atoms with Gasteiger partial charge in [-0.15, -0.1) is 0 Å². The van der Waals surface area contributed by atoms with E-state index < -0.39 is 24.0 Å². The van der Waals surface area contributed by atoms with Crippen LogP contribution in [0.25, 0.3) is 0 Å². The Kier molecular flexibility index (Phi) is 8.62. The third-order valence-corrected chi connectivity index (χ3v) is 9.12. The summed E-state index contributed by atoms with van der Waals surface area (Å²) in [6.07, 6.45) is 18.0. The molecule has 0 heterocycles. The van der Waals surface area contributed by atoms with Gasteiger partial charge in [-0.05, 0) is 111 Å². The molecule has 0 N–H and O–H groups in total. The molecule has 3 saturated carbocycles.